The highest BCUT2D eigenvalue weighted by atomic mass is 32.1. The molecule has 0 bridgehead atoms. The van der Waals surface area contributed by atoms with Crippen LogP contribution in [0.4, 0.5) is 0 Å². The molecular weight excluding hydrogens is 214 g/mol. The van der Waals surface area contributed by atoms with Gasteiger partial charge in [-0.05, 0) is 49.7 Å². The zero-order valence-corrected chi connectivity index (χ0v) is 11.3. The van der Waals surface area contributed by atoms with Crippen LogP contribution in [0.1, 0.15) is 55.4 Å². The molecule has 1 heterocycles. The van der Waals surface area contributed by atoms with Crippen molar-refractivity contribution < 1.29 is 0 Å². The van der Waals surface area contributed by atoms with Gasteiger partial charge in [-0.15, -0.1) is 11.3 Å². The molecule has 16 heavy (non-hydrogen) atoms. The van der Waals surface area contributed by atoms with E-state index < -0.39 is 0 Å². The van der Waals surface area contributed by atoms with E-state index in [1.807, 2.05) is 11.3 Å². The molecule has 0 spiro atoms. The quantitative estimate of drug-likeness (QED) is 0.832. The molecule has 0 aliphatic heterocycles. The second-order valence-corrected chi connectivity index (χ2v) is 6.00. The molecule has 0 saturated heterocycles. The summed E-state index contributed by atoms with van der Waals surface area (Å²) in [4.78, 5) is 1.52. The second-order valence-electron chi connectivity index (χ2n) is 4.88. The Morgan fingerprint density at radius 1 is 1.38 bits per heavy atom. The van der Waals surface area contributed by atoms with Gasteiger partial charge in [0.1, 0.15) is 0 Å². The van der Waals surface area contributed by atoms with Crippen molar-refractivity contribution in [2.45, 2.75) is 57.9 Å². The molecule has 2 rings (SSSR count). The largest absolute Gasteiger partial charge is 0.313 e. The van der Waals surface area contributed by atoms with Crippen molar-refractivity contribution in [3.05, 3.63) is 21.9 Å². The van der Waals surface area contributed by atoms with Crippen molar-refractivity contribution in [2.75, 3.05) is 6.54 Å². The van der Waals surface area contributed by atoms with Gasteiger partial charge in [0.05, 0.1) is 0 Å². The van der Waals surface area contributed by atoms with Gasteiger partial charge in [-0.1, -0.05) is 19.8 Å². The number of hydrogen-bond acceptors (Lipinski definition) is 2. The fourth-order valence-corrected chi connectivity index (χ4v) is 3.63. The van der Waals surface area contributed by atoms with E-state index in [2.05, 4.69) is 30.6 Å². The number of hydrogen-bond donors (Lipinski definition) is 1. The van der Waals surface area contributed by atoms with Crippen LogP contribution in [0.15, 0.2) is 11.4 Å². The first kappa shape index (κ1) is 12.1. The Kier molecular flexibility index (Phi) is 4.42. The van der Waals surface area contributed by atoms with Crippen LogP contribution in [0.25, 0.3) is 0 Å². The maximum atomic E-state index is 3.74. The van der Waals surface area contributed by atoms with Crippen LogP contribution in [0.5, 0.6) is 0 Å². The lowest BCUT2D eigenvalue weighted by Crippen LogP contribution is -2.37. The normalized spacial score (nSPS) is 25.9. The van der Waals surface area contributed by atoms with Crippen molar-refractivity contribution >= 4 is 11.3 Å². The Morgan fingerprint density at radius 3 is 2.88 bits per heavy atom. The first-order chi connectivity index (χ1) is 7.83. The summed E-state index contributed by atoms with van der Waals surface area (Å²) in [5, 5.41) is 5.99. The van der Waals surface area contributed by atoms with E-state index in [4.69, 9.17) is 0 Å². The Balaban J connectivity index is 2.07. The zero-order chi connectivity index (χ0) is 11.4. The fourth-order valence-electron chi connectivity index (χ4n) is 2.86. The Hall–Kier alpha value is -0.340. The molecule has 1 aromatic heterocycles. The molecule has 0 amide bonds. The van der Waals surface area contributed by atoms with Gasteiger partial charge in [-0.2, -0.15) is 0 Å². The van der Waals surface area contributed by atoms with Crippen molar-refractivity contribution in [2.24, 2.45) is 0 Å². The molecule has 2 unspecified atom stereocenters. The third-order valence-corrected chi connectivity index (χ3v) is 4.58. The number of thiophene rings is 1. The minimum atomic E-state index is 0.724. The van der Waals surface area contributed by atoms with E-state index in [-0.39, 0.29) is 0 Å². The Morgan fingerprint density at radius 2 is 2.19 bits per heavy atom. The summed E-state index contributed by atoms with van der Waals surface area (Å²) in [6.07, 6.45) is 6.79. The molecule has 1 aromatic rings. The van der Waals surface area contributed by atoms with Crippen LogP contribution in [0, 0.1) is 6.92 Å². The van der Waals surface area contributed by atoms with E-state index in [0.717, 1.165) is 12.0 Å². The smallest absolute Gasteiger partial charge is 0.0136 e. The van der Waals surface area contributed by atoms with Crippen molar-refractivity contribution in [1.82, 2.24) is 5.32 Å². The van der Waals surface area contributed by atoms with Crippen LogP contribution in [-0.2, 0) is 0 Å². The lowest BCUT2D eigenvalue weighted by atomic mass is 9.80. The summed E-state index contributed by atoms with van der Waals surface area (Å²) in [6.45, 7) is 5.69. The fraction of sp³-hybridized carbons (Fsp3) is 0.714. The van der Waals surface area contributed by atoms with E-state index in [1.54, 1.807) is 5.56 Å². The van der Waals surface area contributed by atoms with E-state index >= 15 is 0 Å². The number of nitrogens with one attached hydrogen (secondary N) is 1. The molecule has 1 saturated carbocycles. The minimum Gasteiger partial charge on any atom is -0.313 e. The summed E-state index contributed by atoms with van der Waals surface area (Å²) < 4.78 is 0. The predicted molar refractivity (Wildman–Crippen MR) is 72.3 cm³/mol. The third-order valence-electron chi connectivity index (χ3n) is 3.72. The molecule has 1 aliphatic rings. The Labute approximate surface area is 103 Å². The molecule has 0 radical (unpaired) electrons. The van der Waals surface area contributed by atoms with Gasteiger partial charge in [0.15, 0.2) is 0 Å². The lowest BCUT2D eigenvalue weighted by molar-refractivity contribution is 0.328. The van der Waals surface area contributed by atoms with Crippen LogP contribution in [-0.4, -0.2) is 12.6 Å². The summed E-state index contributed by atoms with van der Waals surface area (Å²) >= 11 is 1.90. The van der Waals surface area contributed by atoms with Gasteiger partial charge in [-0.3, -0.25) is 0 Å². The second kappa shape index (κ2) is 5.83. The first-order valence-corrected chi connectivity index (χ1v) is 7.48. The van der Waals surface area contributed by atoms with Gasteiger partial charge in [-0.25, -0.2) is 0 Å². The lowest BCUT2D eigenvalue weighted by Gasteiger charge is -2.32. The third kappa shape index (κ3) is 2.67. The van der Waals surface area contributed by atoms with Gasteiger partial charge in [0, 0.05) is 16.8 Å². The average molecular weight is 237 g/mol. The zero-order valence-electron chi connectivity index (χ0n) is 10.5. The molecular formula is C14H23NS. The van der Waals surface area contributed by atoms with Gasteiger partial charge < -0.3 is 5.32 Å². The topological polar surface area (TPSA) is 12.0 Å². The maximum Gasteiger partial charge on any atom is 0.0136 e. The summed E-state index contributed by atoms with van der Waals surface area (Å²) in [5.74, 6) is 0.770. The van der Waals surface area contributed by atoms with Gasteiger partial charge >= 0.3 is 0 Å². The van der Waals surface area contributed by atoms with Crippen LogP contribution < -0.4 is 5.32 Å². The monoisotopic (exact) mass is 237 g/mol. The van der Waals surface area contributed by atoms with Crippen molar-refractivity contribution in [1.29, 1.82) is 0 Å². The summed E-state index contributed by atoms with van der Waals surface area (Å²) in [5.41, 5.74) is 1.61. The first-order valence-electron chi connectivity index (χ1n) is 6.60. The molecule has 1 aliphatic carbocycles. The number of aryl methyl sites for hydroxylation is 1. The highest BCUT2D eigenvalue weighted by Crippen LogP contribution is 2.36. The van der Waals surface area contributed by atoms with Crippen LogP contribution >= 0.6 is 11.3 Å². The molecule has 0 aromatic carbocycles. The van der Waals surface area contributed by atoms with E-state index in [9.17, 15) is 0 Å². The Bertz CT molecular complexity index is 318. The van der Waals surface area contributed by atoms with Crippen LogP contribution in [0.2, 0.25) is 0 Å². The van der Waals surface area contributed by atoms with Crippen molar-refractivity contribution in [3.8, 4) is 0 Å². The maximum absolute atomic E-state index is 3.74. The average Bonchev–Trinajstić information content (AvgIpc) is 2.73. The number of rotatable bonds is 4. The molecule has 2 atom stereocenters. The van der Waals surface area contributed by atoms with Gasteiger partial charge in [0.2, 0.25) is 0 Å². The van der Waals surface area contributed by atoms with Gasteiger partial charge in [0.25, 0.3) is 0 Å². The summed E-state index contributed by atoms with van der Waals surface area (Å²) in [6, 6.07) is 3.07. The minimum absolute atomic E-state index is 0.724. The molecule has 90 valence electrons. The molecule has 1 N–H and O–H groups in total. The molecule has 1 nitrogen and oxygen atoms in total. The van der Waals surface area contributed by atoms with E-state index in [1.165, 1.54) is 43.5 Å². The van der Waals surface area contributed by atoms with Crippen LogP contribution in [0.3, 0.4) is 0 Å². The SMILES string of the molecule is CCCNC1CCCCC1c1ccsc1C. The van der Waals surface area contributed by atoms with E-state index in [0.29, 0.717) is 0 Å². The molecule has 2 heteroatoms. The predicted octanol–water partition coefficient (Wildman–Crippen LogP) is 4.08. The highest BCUT2D eigenvalue weighted by Gasteiger charge is 2.27. The standard InChI is InChI=1S/C14H23NS/c1-3-9-15-14-7-5-4-6-13(14)12-8-10-16-11(12)2/h8,10,13-15H,3-7,9H2,1-2H3. The van der Waals surface area contributed by atoms with Crippen molar-refractivity contribution in [3.63, 3.8) is 0 Å². The molecule has 1 fully saturated rings. The highest BCUT2D eigenvalue weighted by molar-refractivity contribution is 7.10. The summed E-state index contributed by atoms with van der Waals surface area (Å²) in [7, 11) is 0.